The first-order valence-electron chi connectivity index (χ1n) is 6.38. The number of carbonyl (C=O) groups excluding carboxylic acids is 1. The summed E-state index contributed by atoms with van der Waals surface area (Å²) in [6.07, 6.45) is 0. The molecule has 1 aromatic carbocycles. The summed E-state index contributed by atoms with van der Waals surface area (Å²) in [5, 5.41) is 2.98. The highest BCUT2D eigenvalue weighted by Gasteiger charge is 2.23. The Hall–Kier alpha value is -1.51. The summed E-state index contributed by atoms with van der Waals surface area (Å²) in [7, 11) is 0. The minimum Gasteiger partial charge on any atom is -0.399 e. The molecule has 1 rings (SSSR count). The predicted octanol–water partition coefficient (Wildman–Crippen LogP) is 2.99. The quantitative estimate of drug-likeness (QED) is 0.805. The molecule has 3 nitrogen and oxygen atoms in total. The molecule has 0 aliphatic carbocycles. The molecule has 0 unspecified atom stereocenters. The van der Waals surface area contributed by atoms with Crippen LogP contribution in [0.4, 0.5) is 5.69 Å². The smallest absolute Gasteiger partial charge is 0.251 e. The molecule has 0 spiro atoms. The number of hydrogen-bond acceptors (Lipinski definition) is 2. The van der Waals surface area contributed by atoms with E-state index in [0.717, 1.165) is 5.56 Å². The van der Waals surface area contributed by atoms with E-state index in [1.54, 1.807) is 6.07 Å². The van der Waals surface area contributed by atoms with E-state index >= 15 is 0 Å². The van der Waals surface area contributed by atoms with Crippen LogP contribution in [0.15, 0.2) is 18.2 Å². The van der Waals surface area contributed by atoms with Gasteiger partial charge in [-0.3, -0.25) is 4.79 Å². The van der Waals surface area contributed by atoms with Crippen molar-refractivity contribution in [2.45, 2.75) is 34.6 Å². The van der Waals surface area contributed by atoms with Gasteiger partial charge in [-0.1, -0.05) is 27.7 Å². The van der Waals surface area contributed by atoms with E-state index in [4.69, 9.17) is 5.73 Å². The number of hydrogen-bond donors (Lipinski definition) is 2. The number of nitrogens with two attached hydrogens (primary N) is 1. The monoisotopic (exact) mass is 248 g/mol. The maximum absolute atomic E-state index is 12.1. The first kappa shape index (κ1) is 14.6. The van der Waals surface area contributed by atoms with Crippen molar-refractivity contribution in [2.24, 2.45) is 11.3 Å². The number of carbonyl (C=O) groups is 1. The molecule has 0 saturated heterocycles. The SMILES string of the molecule is Cc1cc(N)cc(C(=O)NCC(C)(C)C(C)C)c1. The minimum absolute atomic E-state index is 0.0564. The van der Waals surface area contributed by atoms with Gasteiger partial charge in [-0.25, -0.2) is 0 Å². The maximum atomic E-state index is 12.1. The second-order valence-corrected chi connectivity index (χ2v) is 5.96. The van der Waals surface area contributed by atoms with E-state index in [-0.39, 0.29) is 11.3 Å². The Labute approximate surface area is 110 Å². The van der Waals surface area contributed by atoms with Crippen LogP contribution in [0, 0.1) is 18.3 Å². The number of benzene rings is 1. The molecule has 0 aromatic heterocycles. The Bertz CT molecular complexity index is 416. The van der Waals surface area contributed by atoms with Gasteiger partial charge in [-0.15, -0.1) is 0 Å². The number of amides is 1. The van der Waals surface area contributed by atoms with E-state index < -0.39 is 0 Å². The van der Waals surface area contributed by atoms with Crippen molar-refractivity contribution in [3.8, 4) is 0 Å². The third-order valence-electron chi connectivity index (χ3n) is 3.63. The van der Waals surface area contributed by atoms with Gasteiger partial charge in [0.15, 0.2) is 0 Å². The summed E-state index contributed by atoms with van der Waals surface area (Å²) < 4.78 is 0. The Morgan fingerprint density at radius 3 is 2.44 bits per heavy atom. The molecule has 18 heavy (non-hydrogen) atoms. The molecule has 0 saturated carbocycles. The van der Waals surface area contributed by atoms with Crippen LogP contribution in [-0.4, -0.2) is 12.5 Å². The van der Waals surface area contributed by atoms with Gasteiger partial charge in [0.2, 0.25) is 0 Å². The van der Waals surface area contributed by atoms with Crippen LogP contribution in [0.3, 0.4) is 0 Å². The molecule has 3 heteroatoms. The lowest BCUT2D eigenvalue weighted by Gasteiger charge is -2.29. The zero-order valence-electron chi connectivity index (χ0n) is 12.0. The molecule has 0 fully saturated rings. The lowest BCUT2D eigenvalue weighted by Crippen LogP contribution is -2.37. The summed E-state index contributed by atoms with van der Waals surface area (Å²) in [6.45, 7) is 11.2. The molecule has 1 amide bonds. The second-order valence-electron chi connectivity index (χ2n) is 5.96. The third-order valence-corrected chi connectivity index (χ3v) is 3.63. The van der Waals surface area contributed by atoms with Crippen LogP contribution < -0.4 is 11.1 Å². The third kappa shape index (κ3) is 3.76. The number of anilines is 1. The summed E-state index contributed by atoms with van der Waals surface area (Å²) in [5.41, 5.74) is 8.10. The van der Waals surface area contributed by atoms with Crippen LogP contribution >= 0.6 is 0 Å². The molecule has 1 aromatic rings. The van der Waals surface area contributed by atoms with Crippen molar-refractivity contribution >= 4 is 11.6 Å². The van der Waals surface area contributed by atoms with Crippen LogP contribution in [0.2, 0.25) is 0 Å². The zero-order valence-corrected chi connectivity index (χ0v) is 12.0. The fraction of sp³-hybridized carbons (Fsp3) is 0.533. The molecular formula is C15H24N2O. The molecule has 0 radical (unpaired) electrons. The van der Waals surface area contributed by atoms with Crippen molar-refractivity contribution in [2.75, 3.05) is 12.3 Å². The Kier molecular flexibility index (Phi) is 4.38. The van der Waals surface area contributed by atoms with E-state index in [1.165, 1.54) is 0 Å². The molecule has 0 heterocycles. The van der Waals surface area contributed by atoms with Crippen molar-refractivity contribution in [1.82, 2.24) is 5.32 Å². The number of nitrogens with one attached hydrogen (secondary N) is 1. The van der Waals surface area contributed by atoms with Crippen LogP contribution in [0.25, 0.3) is 0 Å². The molecule has 100 valence electrons. The van der Waals surface area contributed by atoms with Crippen molar-refractivity contribution < 1.29 is 4.79 Å². The first-order chi connectivity index (χ1) is 8.22. The average molecular weight is 248 g/mol. The van der Waals surface area contributed by atoms with E-state index in [9.17, 15) is 4.79 Å². The van der Waals surface area contributed by atoms with Gasteiger partial charge >= 0.3 is 0 Å². The van der Waals surface area contributed by atoms with Gasteiger partial charge in [0, 0.05) is 17.8 Å². The summed E-state index contributed by atoms with van der Waals surface area (Å²) in [5.74, 6) is 0.458. The van der Waals surface area contributed by atoms with Crippen LogP contribution in [0.1, 0.15) is 43.6 Å². The van der Waals surface area contributed by atoms with Gasteiger partial charge < -0.3 is 11.1 Å². The standard InChI is InChI=1S/C15H24N2O/c1-10(2)15(4,5)9-17-14(18)12-6-11(3)7-13(16)8-12/h6-8,10H,9,16H2,1-5H3,(H,17,18). The Morgan fingerprint density at radius 1 is 1.33 bits per heavy atom. The van der Waals surface area contributed by atoms with E-state index in [2.05, 4.69) is 33.0 Å². The van der Waals surface area contributed by atoms with Crippen molar-refractivity contribution in [3.05, 3.63) is 29.3 Å². The summed E-state index contributed by atoms with van der Waals surface area (Å²) in [4.78, 5) is 12.1. The van der Waals surface area contributed by atoms with Gasteiger partial charge in [0.1, 0.15) is 0 Å². The van der Waals surface area contributed by atoms with Gasteiger partial charge in [-0.05, 0) is 42.0 Å². The largest absolute Gasteiger partial charge is 0.399 e. The first-order valence-corrected chi connectivity index (χ1v) is 6.38. The highest BCUT2D eigenvalue weighted by atomic mass is 16.1. The fourth-order valence-electron chi connectivity index (χ4n) is 1.56. The molecule has 0 atom stereocenters. The van der Waals surface area contributed by atoms with E-state index in [0.29, 0.717) is 23.7 Å². The predicted molar refractivity (Wildman–Crippen MR) is 76.5 cm³/mol. The molecule has 3 N–H and O–H groups in total. The zero-order chi connectivity index (χ0) is 13.9. The average Bonchev–Trinajstić information content (AvgIpc) is 2.24. The minimum atomic E-state index is -0.0564. The van der Waals surface area contributed by atoms with Crippen molar-refractivity contribution in [3.63, 3.8) is 0 Å². The molecule has 0 aliphatic heterocycles. The highest BCUT2D eigenvalue weighted by Crippen LogP contribution is 2.24. The van der Waals surface area contributed by atoms with Gasteiger partial charge in [0.05, 0.1) is 0 Å². The van der Waals surface area contributed by atoms with Gasteiger partial charge in [-0.2, -0.15) is 0 Å². The fourth-order valence-corrected chi connectivity index (χ4v) is 1.56. The van der Waals surface area contributed by atoms with Crippen LogP contribution in [-0.2, 0) is 0 Å². The number of nitrogen functional groups attached to an aromatic ring is 1. The van der Waals surface area contributed by atoms with Crippen molar-refractivity contribution in [1.29, 1.82) is 0 Å². The van der Waals surface area contributed by atoms with Crippen LogP contribution in [0.5, 0.6) is 0 Å². The topological polar surface area (TPSA) is 55.1 Å². The second kappa shape index (κ2) is 5.42. The lowest BCUT2D eigenvalue weighted by molar-refractivity contribution is 0.0924. The molecule has 0 aliphatic rings. The normalized spacial score (nSPS) is 11.7. The number of aryl methyl sites for hydroxylation is 1. The molecule has 0 bridgehead atoms. The highest BCUT2D eigenvalue weighted by molar-refractivity contribution is 5.95. The summed E-state index contributed by atoms with van der Waals surface area (Å²) >= 11 is 0. The number of rotatable bonds is 4. The lowest BCUT2D eigenvalue weighted by atomic mass is 9.81. The van der Waals surface area contributed by atoms with E-state index in [1.807, 2.05) is 19.1 Å². The van der Waals surface area contributed by atoms with Gasteiger partial charge in [0.25, 0.3) is 5.91 Å². The maximum Gasteiger partial charge on any atom is 0.251 e. The molecular weight excluding hydrogens is 224 g/mol. The Morgan fingerprint density at radius 2 is 1.94 bits per heavy atom. The Balaban J connectivity index is 2.72. The summed E-state index contributed by atoms with van der Waals surface area (Å²) in [6, 6.07) is 5.42.